The highest BCUT2D eigenvalue weighted by molar-refractivity contribution is 5.87. The minimum absolute atomic E-state index is 0.0358. The van der Waals surface area contributed by atoms with Crippen molar-refractivity contribution in [2.45, 2.75) is 46.5 Å². The van der Waals surface area contributed by atoms with E-state index in [1.807, 2.05) is 6.08 Å². The Hall–Kier alpha value is -0.830. The smallest absolute Gasteiger partial charge is 0.243 e. The molecule has 0 rings (SSSR count). The SMILES string of the molecule is CCCCC/C=C/C(=O)NCCN(CC)CC. The van der Waals surface area contributed by atoms with Gasteiger partial charge in [-0.05, 0) is 32.0 Å². The van der Waals surface area contributed by atoms with Crippen LogP contribution < -0.4 is 5.32 Å². The summed E-state index contributed by atoms with van der Waals surface area (Å²) in [6.07, 6.45) is 8.30. The zero-order valence-electron chi connectivity index (χ0n) is 11.7. The highest BCUT2D eigenvalue weighted by Crippen LogP contribution is 1.99. The van der Waals surface area contributed by atoms with E-state index in [0.717, 1.165) is 32.6 Å². The molecule has 3 heteroatoms. The fraction of sp³-hybridized carbons (Fsp3) is 0.786. The highest BCUT2D eigenvalue weighted by Gasteiger charge is 1.99. The molecule has 0 atom stereocenters. The molecule has 0 aromatic heterocycles. The predicted molar refractivity (Wildman–Crippen MR) is 74.1 cm³/mol. The third-order valence-electron chi connectivity index (χ3n) is 2.87. The molecule has 0 aromatic carbocycles. The molecule has 0 unspecified atom stereocenters. The summed E-state index contributed by atoms with van der Waals surface area (Å²) < 4.78 is 0. The molecule has 0 aromatic rings. The monoisotopic (exact) mass is 240 g/mol. The Morgan fingerprint density at radius 2 is 1.88 bits per heavy atom. The average molecular weight is 240 g/mol. The Bertz CT molecular complexity index is 210. The fourth-order valence-electron chi connectivity index (χ4n) is 1.64. The largest absolute Gasteiger partial charge is 0.351 e. The Morgan fingerprint density at radius 1 is 1.18 bits per heavy atom. The van der Waals surface area contributed by atoms with E-state index >= 15 is 0 Å². The molecule has 100 valence electrons. The molecule has 0 aliphatic heterocycles. The van der Waals surface area contributed by atoms with E-state index in [4.69, 9.17) is 0 Å². The predicted octanol–water partition coefficient (Wildman–Crippen LogP) is 2.58. The summed E-state index contributed by atoms with van der Waals surface area (Å²) in [6.45, 7) is 10.2. The van der Waals surface area contributed by atoms with Crippen LogP contribution in [-0.2, 0) is 4.79 Å². The summed E-state index contributed by atoms with van der Waals surface area (Å²) >= 11 is 0. The number of rotatable bonds is 10. The third-order valence-corrected chi connectivity index (χ3v) is 2.87. The number of unbranched alkanes of at least 4 members (excludes halogenated alkanes) is 3. The van der Waals surface area contributed by atoms with Gasteiger partial charge in [-0.3, -0.25) is 4.79 Å². The summed E-state index contributed by atoms with van der Waals surface area (Å²) in [5.74, 6) is 0.0358. The lowest BCUT2D eigenvalue weighted by Gasteiger charge is -2.17. The molecule has 0 aliphatic carbocycles. The molecule has 0 saturated heterocycles. The molecule has 0 spiro atoms. The zero-order chi connectivity index (χ0) is 12.9. The second kappa shape index (κ2) is 11.6. The van der Waals surface area contributed by atoms with Gasteiger partial charge in [0.2, 0.25) is 5.91 Å². The number of hydrogen-bond acceptors (Lipinski definition) is 2. The van der Waals surface area contributed by atoms with Gasteiger partial charge in [-0.1, -0.05) is 39.7 Å². The van der Waals surface area contributed by atoms with Crippen LogP contribution in [0.4, 0.5) is 0 Å². The minimum Gasteiger partial charge on any atom is -0.351 e. The Morgan fingerprint density at radius 3 is 2.47 bits per heavy atom. The molecule has 0 aliphatic rings. The van der Waals surface area contributed by atoms with Gasteiger partial charge in [0.05, 0.1) is 0 Å². The summed E-state index contributed by atoms with van der Waals surface area (Å²) in [6, 6.07) is 0. The second-order valence-electron chi connectivity index (χ2n) is 4.22. The summed E-state index contributed by atoms with van der Waals surface area (Å²) in [7, 11) is 0. The fourth-order valence-corrected chi connectivity index (χ4v) is 1.64. The lowest BCUT2D eigenvalue weighted by molar-refractivity contribution is -0.116. The average Bonchev–Trinajstić information content (AvgIpc) is 2.34. The van der Waals surface area contributed by atoms with Crippen molar-refractivity contribution in [3.63, 3.8) is 0 Å². The second-order valence-corrected chi connectivity index (χ2v) is 4.22. The number of nitrogens with one attached hydrogen (secondary N) is 1. The first-order valence-electron chi connectivity index (χ1n) is 6.91. The first kappa shape index (κ1) is 16.2. The van der Waals surface area contributed by atoms with E-state index in [1.165, 1.54) is 19.3 Å². The van der Waals surface area contributed by atoms with Gasteiger partial charge in [-0.25, -0.2) is 0 Å². The van der Waals surface area contributed by atoms with Crippen LogP contribution in [0.5, 0.6) is 0 Å². The molecular formula is C14H28N2O. The molecule has 1 N–H and O–H groups in total. The van der Waals surface area contributed by atoms with Gasteiger partial charge >= 0.3 is 0 Å². The Balaban J connectivity index is 3.51. The molecular weight excluding hydrogens is 212 g/mol. The molecule has 0 fully saturated rings. The number of carbonyl (C=O) groups is 1. The van der Waals surface area contributed by atoms with Gasteiger partial charge in [0.15, 0.2) is 0 Å². The molecule has 3 nitrogen and oxygen atoms in total. The summed E-state index contributed by atoms with van der Waals surface area (Å²) in [4.78, 5) is 13.7. The van der Waals surface area contributed by atoms with E-state index in [9.17, 15) is 4.79 Å². The number of nitrogens with zero attached hydrogens (tertiary/aromatic N) is 1. The van der Waals surface area contributed by atoms with Crippen LogP contribution in [-0.4, -0.2) is 37.0 Å². The molecule has 0 saturated carbocycles. The van der Waals surface area contributed by atoms with Crippen molar-refractivity contribution in [3.8, 4) is 0 Å². The molecule has 1 amide bonds. The van der Waals surface area contributed by atoms with Crippen molar-refractivity contribution in [2.24, 2.45) is 0 Å². The van der Waals surface area contributed by atoms with Crippen LogP contribution in [0.15, 0.2) is 12.2 Å². The molecule has 0 bridgehead atoms. The number of allylic oxidation sites excluding steroid dienone is 1. The van der Waals surface area contributed by atoms with Gasteiger partial charge < -0.3 is 10.2 Å². The number of hydrogen-bond donors (Lipinski definition) is 1. The number of likely N-dealkylation sites (N-methyl/N-ethyl adjacent to an activating group) is 1. The zero-order valence-corrected chi connectivity index (χ0v) is 11.7. The molecule has 0 heterocycles. The molecule has 17 heavy (non-hydrogen) atoms. The molecule has 0 radical (unpaired) electrons. The van der Waals surface area contributed by atoms with E-state index in [0.29, 0.717) is 0 Å². The van der Waals surface area contributed by atoms with Crippen molar-refractivity contribution >= 4 is 5.91 Å². The van der Waals surface area contributed by atoms with Crippen molar-refractivity contribution in [1.82, 2.24) is 10.2 Å². The van der Waals surface area contributed by atoms with Crippen molar-refractivity contribution < 1.29 is 4.79 Å². The highest BCUT2D eigenvalue weighted by atomic mass is 16.1. The van der Waals surface area contributed by atoms with Gasteiger partial charge in [-0.15, -0.1) is 0 Å². The first-order chi connectivity index (χ1) is 8.24. The lowest BCUT2D eigenvalue weighted by Crippen LogP contribution is -2.34. The Labute approximate surface area is 106 Å². The number of amides is 1. The Kier molecular flexibility index (Phi) is 11.1. The van der Waals surface area contributed by atoms with Crippen LogP contribution in [0.25, 0.3) is 0 Å². The first-order valence-corrected chi connectivity index (χ1v) is 6.91. The topological polar surface area (TPSA) is 32.3 Å². The lowest BCUT2D eigenvalue weighted by atomic mass is 10.2. The standard InChI is InChI=1S/C14H28N2O/c1-4-7-8-9-10-11-14(17)15-12-13-16(5-2)6-3/h10-11H,4-9,12-13H2,1-3H3,(H,15,17)/b11-10+. The maximum atomic E-state index is 11.4. The van der Waals surface area contributed by atoms with Crippen LogP contribution in [0, 0.1) is 0 Å². The van der Waals surface area contributed by atoms with Gasteiger partial charge in [0.1, 0.15) is 0 Å². The number of carbonyl (C=O) groups excluding carboxylic acids is 1. The van der Waals surface area contributed by atoms with Crippen molar-refractivity contribution in [2.75, 3.05) is 26.2 Å². The minimum atomic E-state index is 0.0358. The third kappa shape index (κ3) is 10.1. The van der Waals surface area contributed by atoms with E-state index in [1.54, 1.807) is 6.08 Å². The van der Waals surface area contributed by atoms with Crippen LogP contribution in [0.2, 0.25) is 0 Å². The maximum absolute atomic E-state index is 11.4. The van der Waals surface area contributed by atoms with Gasteiger partial charge in [0.25, 0.3) is 0 Å². The van der Waals surface area contributed by atoms with Crippen LogP contribution in [0.3, 0.4) is 0 Å². The normalized spacial score (nSPS) is 11.3. The van der Waals surface area contributed by atoms with Crippen molar-refractivity contribution in [3.05, 3.63) is 12.2 Å². The van der Waals surface area contributed by atoms with Crippen molar-refractivity contribution in [1.29, 1.82) is 0 Å². The van der Waals surface area contributed by atoms with Gasteiger partial charge in [0, 0.05) is 13.1 Å². The van der Waals surface area contributed by atoms with Crippen LogP contribution >= 0.6 is 0 Å². The van der Waals surface area contributed by atoms with Gasteiger partial charge in [-0.2, -0.15) is 0 Å². The van der Waals surface area contributed by atoms with E-state index < -0.39 is 0 Å². The summed E-state index contributed by atoms with van der Waals surface area (Å²) in [5, 5.41) is 2.91. The van der Waals surface area contributed by atoms with Crippen LogP contribution in [0.1, 0.15) is 46.5 Å². The van der Waals surface area contributed by atoms with E-state index in [-0.39, 0.29) is 5.91 Å². The van der Waals surface area contributed by atoms with E-state index in [2.05, 4.69) is 31.0 Å². The summed E-state index contributed by atoms with van der Waals surface area (Å²) in [5.41, 5.74) is 0. The quantitative estimate of drug-likeness (QED) is 0.470. The maximum Gasteiger partial charge on any atom is 0.243 e.